The lowest BCUT2D eigenvalue weighted by Gasteiger charge is -2.16. The lowest BCUT2D eigenvalue weighted by atomic mass is 10.0. The molecule has 2 amide bonds. The number of hydrogen-bond acceptors (Lipinski definition) is 5. The summed E-state index contributed by atoms with van der Waals surface area (Å²) in [6, 6.07) is 3.02. The Hall–Kier alpha value is -2.28. The minimum atomic E-state index is -0.825. The van der Waals surface area contributed by atoms with Crippen LogP contribution in [0.15, 0.2) is 18.2 Å². The summed E-state index contributed by atoms with van der Waals surface area (Å²) in [5.74, 6) is -1.42. The minimum absolute atomic E-state index is 0.0401. The summed E-state index contributed by atoms with van der Waals surface area (Å²) in [6.45, 7) is 1.65. The van der Waals surface area contributed by atoms with Gasteiger partial charge in [-0.15, -0.1) is 0 Å². The van der Waals surface area contributed by atoms with Crippen LogP contribution in [0.5, 0.6) is 11.5 Å². The molecule has 0 aliphatic rings. The number of carbonyl (C=O) groups excluding carboxylic acids is 2. The van der Waals surface area contributed by atoms with Gasteiger partial charge in [0.2, 0.25) is 11.8 Å². The van der Waals surface area contributed by atoms with E-state index in [1.807, 2.05) is 0 Å². The van der Waals surface area contributed by atoms with E-state index in [9.17, 15) is 19.8 Å². The number of rotatable bonds is 6. The quantitative estimate of drug-likeness (QED) is 0.441. The molecule has 0 radical (unpaired) electrons. The molecule has 0 spiro atoms. The molecule has 2 atom stereocenters. The maximum atomic E-state index is 11.8. The van der Waals surface area contributed by atoms with E-state index in [0.717, 1.165) is 0 Å². The molecule has 7 N–H and O–H groups in total. The van der Waals surface area contributed by atoms with Crippen LogP contribution in [0.2, 0.25) is 0 Å². The standard InChI is InChI=1S/C13H19N3O4/c1-7(4-12(15)19)16-13(20)9(14)5-8-2-3-10(17)11(18)6-8/h2-3,6-7,9,17-18H,4-5,14H2,1H3,(H2,15,19)(H,16,20)/t7?,9-/m0/s1. The number of hydrogen-bond donors (Lipinski definition) is 5. The Morgan fingerprint density at radius 1 is 1.30 bits per heavy atom. The summed E-state index contributed by atoms with van der Waals surface area (Å²) in [4.78, 5) is 22.5. The fourth-order valence-corrected chi connectivity index (χ4v) is 1.75. The Balaban J connectivity index is 2.56. The topological polar surface area (TPSA) is 139 Å². The Labute approximate surface area is 116 Å². The summed E-state index contributed by atoms with van der Waals surface area (Å²) in [6.07, 6.45) is 0.238. The fraction of sp³-hybridized carbons (Fsp3) is 0.385. The minimum Gasteiger partial charge on any atom is -0.504 e. The van der Waals surface area contributed by atoms with Crippen LogP contribution in [0, 0.1) is 0 Å². The van der Waals surface area contributed by atoms with Crippen LogP contribution in [0.3, 0.4) is 0 Å². The van der Waals surface area contributed by atoms with Crippen molar-refractivity contribution in [2.24, 2.45) is 11.5 Å². The number of aromatic hydroxyl groups is 2. The highest BCUT2D eigenvalue weighted by Crippen LogP contribution is 2.25. The third-order valence-electron chi connectivity index (χ3n) is 2.73. The van der Waals surface area contributed by atoms with Crippen molar-refractivity contribution in [1.82, 2.24) is 5.32 Å². The largest absolute Gasteiger partial charge is 0.504 e. The number of primary amides is 1. The van der Waals surface area contributed by atoms with Gasteiger partial charge < -0.3 is 27.0 Å². The van der Waals surface area contributed by atoms with Gasteiger partial charge in [-0.25, -0.2) is 0 Å². The Morgan fingerprint density at radius 3 is 2.50 bits per heavy atom. The van der Waals surface area contributed by atoms with Gasteiger partial charge in [-0.3, -0.25) is 9.59 Å². The van der Waals surface area contributed by atoms with Crippen LogP contribution in [-0.4, -0.2) is 34.1 Å². The molecule has 0 saturated heterocycles. The maximum Gasteiger partial charge on any atom is 0.237 e. The first-order chi connectivity index (χ1) is 9.29. The summed E-state index contributed by atoms with van der Waals surface area (Å²) in [5, 5.41) is 21.1. The molecule has 20 heavy (non-hydrogen) atoms. The molecule has 0 bridgehead atoms. The Bertz CT molecular complexity index is 504. The van der Waals surface area contributed by atoms with Crippen LogP contribution in [0.1, 0.15) is 18.9 Å². The second kappa shape index (κ2) is 6.76. The van der Waals surface area contributed by atoms with Crippen molar-refractivity contribution in [3.8, 4) is 11.5 Å². The SMILES string of the molecule is CC(CC(N)=O)NC(=O)[C@@H](N)Cc1ccc(O)c(O)c1. The van der Waals surface area contributed by atoms with E-state index in [0.29, 0.717) is 5.56 Å². The zero-order valence-corrected chi connectivity index (χ0v) is 11.2. The highest BCUT2D eigenvalue weighted by atomic mass is 16.3. The summed E-state index contributed by atoms with van der Waals surface area (Å²) < 4.78 is 0. The molecule has 1 aromatic carbocycles. The molecule has 0 heterocycles. The number of phenols is 2. The van der Waals surface area contributed by atoms with Gasteiger partial charge in [0.05, 0.1) is 6.04 Å². The molecular formula is C13H19N3O4. The number of nitrogens with two attached hydrogens (primary N) is 2. The fourth-order valence-electron chi connectivity index (χ4n) is 1.75. The molecule has 0 fully saturated rings. The monoisotopic (exact) mass is 281 g/mol. The zero-order chi connectivity index (χ0) is 15.3. The molecule has 1 rings (SSSR count). The Kier molecular flexibility index (Phi) is 5.33. The van der Waals surface area contributed by atoms with Crippen LogP contribution < -0.4 is 16.8 Å². The van der Waals surface area contributed by atoms with Gasteiger partial charge in [0, 0.05) is 12.5 Å². The Morgan fingerprint density at radius 2 is 1.95 bits per heavy atom. The third-order valence-corrected chi connectivity index (χ3v) is 2.73. The van der Waals surface area contributed by atoms with Crippen molar-refractivity contribution in [2.45, 2.75) is 31.8 Å². The first kappa shape index (κ1) is 15.8. The van der Waals surface area contributed by atoms with E-state index in [4.69, 9.17) is 11.5 Å². The van der Waals surface area contributed by atoms with Crippen molar-refractivity contribution in [2.75, 3.05) is 0 Å². The van der Waals surface area contributed by atoms with Gasteiger partial charge >= 0.3 is 0 Å². The molecular weight excluding hydrogens is 262 g/mol. The second-order valence-corrected chi connectivity index (χ2v) is 4.71. The average Bonchev–Trinajstić information content (AvgIpc) is 2.32. The number of nitrogens with one attached hydrogen (secondary N) is 1. The number of benzene rings is 1. The molecule has 0 aliphatic heterocycles. The predicted molar refractivity (Wildman–Crippen MR) is 72.9 cm³/mol. The molecule has 1 aromatic rings. The van der Waals surface area contributed by atoms with Gasteiger partial charge in [0.25, 0.3) is 0 Å². The number of carbonyl (C=O) groups is 2. The second-order valence-electron chi connectivity index (χ2n) is 4.71. The summed E-state index contributed by atoms with van der Waals surface area (Å²) in [7, 11) is 0. The van der Waals surface area contributed by atoms with Crippen LogP contribution in [-0.2, 0) is 16.0 Å². The lowest BCUT2D eigenvalue weighted by Crippen LogP contribution is -2.46. The van der Waals surface area contributed by atoms with Gasteiger partial charge in [0.1, 0.15) is 0 Å². The van der Waals surface area contributed by atoms with Gasteiger partial charge in [0.15, 0.2) is 11.5 Å². The number of amides is 2. The van der Waals surface area contributed by atoms with E-state index in [2.05, 4.69) is 5.32 Å². The van der Waals surface area contributed by atoms with E-state index >= 15 is 0 Å². The van der Waals surface area contributed by atoms with Crippen molar-refractivity contribution in [3.63, 3.8) is 0 Å². The molecule has 7 heteroatoms. The molecule has 0 aromatic heterocycles. The first-order valence-corrected chi connectivity index (χ1v) is 6.14. The van der Waals surface area contributed by atoms with E-state index < -0.39 is 17.9 Å². The third kappa shape index (κ3) is 4.77. The van der Waals surface area contributed by atoms with E-state index in [1.54, 1.807) is 13.0 Å². The van der Waals surface area contributed by atoms with Crippen molar-refractivity contribution in [3.05, 3.63) is 23.8 Å². The smallest absolute Gasteiger partial charge is 0.237 e. The lowest BCUT2D eigenvalue weighted by molar-refractivity contribution is -0.123. The average molecular weight is 281 g/mol. The van der Waals surface area contributed by atoms with Crippen molar-refractivity contribution < 1.29 is 19.8 Å². The van der Waals surface area contributed by atoms with Crippen molar-refractivity contribution >= 4 is 11.8 Å². The predicted octanol–water partition coefficient (Wildman–Crippen LogP) is -0.652. The molecule has 0 saturated carbocycles. The number of phenolic OH excluding ortho intramolecular Hbond substituents is 2. The highest BCUT2D eigenvalue weighted by Gasteiger charge is 2.17. The van der Waals surface area contributed by atoms with E-state index in [1.165, 1.54) is 12.1 Å². The van der Waals surface area contributed by atoms with Crippen LogP contribution >= 0.6 is 0 Å². The first-order valence-electron chi connectivity index (χ1n) is 6.14. The molecule has 7 nitrogen and oxygen atoms in total. The van der Waals surface area contributed by atoms with Crippen molar-refractivity contribution in [1.29, 1.82) is 0 Å². The van der Waals surface area contributed by atoms with Crippen LogP contribution in [0.25, 0.3) is 0 Å². The zero-order valence-electron chi connectivity index (χ0n) is 11.2. The van der Waals surface area contributed by atoms with E-state index in [-0.39, 0.29) is 30.4 Å². The van der Waals surface area contributed by atoms with Gasteiger partial charge in [-0.05, 0) is 31.0 Å². The highest BCUT2D eigenvalue weighted by molar-refractivity contribution is 5.83. The van der Waals surface area contributed by atoms with Crippen LogP contribution in [0.4, 0.5) is 0 Å². The summed E-state index contributed by atoms with van der Waals surface area (Å²) >= 11 is 0. The summed E-state index contributed by atoms with van der Waals surface area (Å²) in [5.41, 5.74) is 11.4. The maximum absolute atomic E-state index is 11.8. The van der Waals surface area contributed by atoms with Gasteiger partial charge in [-0.1, -0.05) is 6.07 Å². The normalized spacial score (nSPS) is 13.5. The molecule has 1 unspecified atom stereocenters. The van der Waals surface area contributed by atoms with Gasteiger partial charge in [-0.2, -0.15) is 0 Å². The molecule has 110 valence electrons. The molecule has 0 aliphatic carbocycles.